The number of amides is 2. The van der Waals surface area contributed by atoms with Crippen LogP contribution in [-0.2, 0) is 9.59 Å². The van der Waals surface area contributed by atoms with Crippen molar-refractivity contribution in [3.8, 4) is 0 Å². The summed E-state index contributed by atoms with van der Waals surface area (Å²) in [7, 11) is 0. The van der Waals surface area contributed by atoms with E-state index in [2.05, 4.69) is 10.6 Å². The molecule has 0 saturated carbocycles. The highest BCUT2D eigenvalue weighted by Crippen LogP contribution is 2.36. The van der Waals surface area contributed by atoms with Gasteiger partial charge in [-0.15, -0.1) is 11.8 Å². The molecule has 0 bridgehead atoms. The fraction of sp³-hybridized carbons (Fsp3) is 0.222. The molecule has 2 aromatic rings. The van der Waals surface area contributed by atoms with Crippen LogP contribution < -0.4 is 10.6 Å². The smallest absolute Gasteiger partial charge is 0.238 e. The van der Waals surface area contributed by atoms with Gasteiger partial charge in [-0.2, -0.15) is 0 Å². The number of thioether (sulfide) groups is 1. The highest BCUT2D eigenvalue weighted by atomic mass is 32.2. The molecule has 2 atom stereocenters. The number of fused-ring (bicyclic) bond motifs is 1. The molecule has 0 fully saturated rings. The first-order valence-corrected chi connectivity index (χ1v) is 8.42. The summed E-state index contributed by atoms with van der Waals surface area (Å²) in [6.07, 6.45) is 0.169. The van der Waals surface area contributed by atoms with E-state index in [0.717, 1.165) is 16.1 Å². The second kappa shape index (κ2) is 6.87. The highest BCUT2D eigenvalue weighted by Gasteiger charge is 2.29. The van der Waals surface area contributed by atoms with Gasteiger partial charge in [-0.25, -0.2) is 0 Å². The summed E-state index contributed by atoms with van der Waals surface area (Å²) in [4.78, 5) is 25.4. The normalized spacial score (nSPS) is 17.8. The van der Waals surface area contributed by atoms with Gasteiger partial charge in [0.15, 0.2) is 0 Å². The van der Waals surface area contributed by atoms with E-state index in [0.29, 0.717) is 0 Å². The van der Waals surface area contributed by atoms with E-state index < -0.39 is 5.25 Å². The molecule has 3 rings (SSSR count). The van der Waals surface area contributed by atoms with E-state index in [4.69, 9.17) is 0 Å². The van der Waals surface area contributed by atoms with Crippen LogP contribution in [0, 0.1) is 0 Å². The van der Waals surface area contributed by atoms with Gasteiger partial charge in [0.25, 0.3) is 0 Å². The van der Waals surface area contributed by atoms with Crippen LogP contribution in [0.2, 0.25) is 0 Å². The van der Waals surface area contributed by atoms with E-state index in [-0.39, 0.29) is 24.3 Å². The Balaban J connectivity index is 1.61. The van der Waals surface area contributed by atoms with Crippen molar-refractivity contribution < 1.29 is 9.59 Å². The van der Waals surface area contributed by atoms with Crippen molar-refractivity contribution in [2.24, 2.45) is 0 Å². The lowest BCUT2D eigenvalue weighted by atomic mass is 10.1. The molecule has 23 heavy (non-hydrogen) atoms. The van der Waals surface area contributed by atoms with E-state index in [9.17, 15) is 9.59 Å². The van der Waals surface area contributed by atoms with Gasteiger partial charge in [0.1, 0.15) is 0 Å². The predicted molar refractivity (Wildman–Crippen MR) is 92.3 cm³/mol. The quantitative estimate of drug-likeness (QED) is 0.906. The Kier molecular flexibility index (Phi) is 4.67. The standard InChI is InChI=1S/C18H18N2O2S/c1-12(13-7-3-2-4-8-13)19-17(21)11-16-18(22)20-14-9-5-6-10-15(14)23-16/h2-10,12,16H,11H2,1H3,(H,19,21)(H,20,22)/t12-,16-/m0/s1. The Bertz CT molecular complexity index is 718. The number of rotatable bonds is 4. The Morgan fingerprint density at radius 3 is 2.65 bits per heavy atom. The third kappa shape index (κ3) is 3.74. The van der Waals surface area contributed by atoms with Crippen molar-refractivity contribution in [1.29, 1.82) is 0 Å². The summed E-state index contributed by atoms with van der Waals surface area (Å²) in [5.41, 5.74) is 1.86. The van der Waals surface area contributed by atoms with E-state index in [1.807, 2.05) is 61.5 Å². The zero-order valence-corrected chi connectivity index (χ0v) is 13.6. The minimum absolute atomic E-state index is 0.0763. The number of hydrogen-bond donors (Lipinski definition) is 2. The number of para-hydroxylation sites is 1. The van der Waals surface area contributed by atoms with Crippen molar-refractivity contribution >= 4 is 29.3 Å². The van der Waals surface area contributed by atoms with Crippen LogP contribution in [0.25, 0.3) is 0 Å². The number of carbonyl (C=O) groups excluding carboxylic acids is 2. The lowest BCUT2D eigenvalue weighted by Crippen LogP contribution is -2.35. The second-order valence-corrected chi connectivity index (χ2v) is 6.74. The molecule has 1 aliphatic heterocycles. The van der Waals surface area contributed by atoms with Crippen molar-refractivity contribution in [2.45, 2.75) is 29.5 Å². The van der Waals surface area contributed by atoms with Gasteiger partial charge in [0.05, 0.1) is 17.0 Å². The topological polar surface area (TPSA) is 58.2 Å². The molecule has 0 unspecified atom stereocenters. The van der Waals surface area contributed by atoms with Crippen molar-refractivity contribution in [3.63, 3.8) is 0 Å². The zero-order valence-electron chi connectivity index (χ0n) is 12.8. The molecule has 2 N–H and O–H groups in total. The summed E-state index contributed by atoms with van der Waals surface area (Å²) in [5, 5.41) is 5.42. The largest absolute Gasteiger partial charge is 0.350 e. The first-order chi connectivity index (χ1) is 11.1. The summed E-state index contributed by atoms with van der Waals surface area (Å²) >= 11 is 1.44. The Hall–Kier alpha value is -2.27. The highest BCUT2D eigenvalue weighted by molar-refractivity contribution is 8.01. The SMILES string of the molecule is C[C@H](NC(=O)C[C@@H]1Sc2ccccc2NC1=O)c1ccccc1. The average molecular weight is 326 g/mol. The van der Waals surface area contributed by atoms with Crippen molar-refractivity contribution in [1.82, 2.24) is 5.32 Å². The minimum Gasteiger partial charge on any atom is -0.350 e. The van der Waals surface area contributed by atoms with Gasteiger partial charge < -0.3 is 10.6 Å². The maximum atomic E-state index is 12.2. The van der Waals surface area contributed by atoms with E-state index >= 15 is 0 Å². The number of benzene rings is 2. The van der Waals surface area contributed by atoms with E-state index in [1.54, 1.807) is 0 Å². The molecule has 1 aliphatic rings. The number of carbonyl (C=O) groups is 2. The maximum absolute atomic E-state index is 12.2. The van der Waals surface area contributed by atoms with Crippen LogP contribution >= 0.6 is 11.8 Å². The second-order valence-electron chi connectivity index (χ2n) is 5.50. The summed E-state index contributed by atoms with van der Waals surface area (Å²) in [6, 6.07) is 17.3. The average Bonchev–Trinajstić information content (AvgIpc) is 2.56. The Labute approximate surface area is 139 Å². The molecule has 1 heterocycles. The molecule has 0 radical (unpaired) electrons. The van der Waals surface area contributed by atoms with Gasteiger partial charge in [0, 0.05) is 11.3 Å². The zero-order chi connectivity index (χ0) is 16.2. The maximum Gasteiger partial charge on any atom is 0.238 e. The molecule has 5 heteroatoms. The molecule has 0 aromatic heterocycles. The Morgan fingerprint density at radius 2 is 1.87 bits per heavy atom. The molecule has 118 valence electrons. The summed E-state index contributed by atoms with van der Waals surface area (Å²) in [5.74, 6) is -0.232. The summed E-state index contributed by atoms with van der Waals surface area (Å²) < 4.78 is 0. The molecular weight excluding hydrogens is 308 g/mol. The van der Waals surface area contributed by atoms with Crippen LogP contribution in [0.15, 0.2) is 59.5 Å². The van der Waals surface area contributed by atoms with Crippen LogP contribution in [-0.4, -0.2) is 17.1 Å². The third-order valence-corrected chi connectivity index (χ3v) is 5.03. The van der Waals surface area contributed by atoms with Gasteiger partial charge in [-0.1, -0.05) is 42.5 Å². The number of nitrogens with one attached hydrogen (secondary N) is 2. The van der Waals surface area contributed by atoms with Crippen LogP contribution in [0.3, 0.4) is 0 Å². The lowest BCUT2D eigenvalue weighted by Gasteiger charge is -2.24. The first kappa shape index (κ1) is 15.6. The molecule has 2 amide bonds. The molecule has 2 aromatic carbocycles. The Morgan fingerprint density at radius 1 is 1.17 bits per heavy atom. The van der Waals surface area contributed by atoms with Crippen LogP contribution in [0.5, 0.6) is 0 Å². The van der Waals surface area contributed by atoms with Gasteiger partial charge in [-0.3, -0.25) is 9.59 Å². The van der Waals surface area contributed by atoms with Crippen LogP contribution in [0.1, 0.15) is 24.9 Å². The fourth-order valence-electron chi connectivity index (χ4n) is 2.52. The van der Waals surface area contributed by atoms with Gasteiger partial charge in [-0.05, 0) is 24.6 Å². The van der Waals surface area contributed by atoms with E-state index in [1.165, 1.54) is 11.8 Å². The molecule has 4 nitrogen and oxygen atoms in total. The van der Waals surface area contributed by atoms with Crippen molar-refractivity contribution in [2.75, 3.05) is 5.32 Å². The number of hydrogen-bond acceptors (Lipinski definition) is 3. The molecule has 0 aliphatic carbocycles. The summed E-state index contributed by atoms with van der Waals surface area (Å²) in [6.45, 7) is 1.94. The van der Waals surface area contributed by atoms with Gasteiger partial charge in [0.2, 0.25) is 11.8 Å². The van der Waals surface area contributed by atoms with Crippen molar-refractivity contribution in [3.05, 3.63) is 60.2 Å². The molecule has 0 spiro atoms. The fourth-order valence-corrected chi connectivity index (χ4v) is 3.63. The third-order valence-electron chi connectivity index (χ3n) is 3.75. The lowest BCUT2D eigenvalue weighted by molar-refractivity contribution is -0.124. The number of anilines is 1. The molecule has 0 saturated heterocycles. The van der Waals surface area contributed by atoms with Crippen LogP contribution in [0.4, 0.5) is 5.69 Å². The monoisotopic (exact) mass is 326 g/mol. The first-order valence-electron chi connectivity index (χ1n) is 7.54. The predicted octanol–water partition coefficient (Wildman–Crippen LogP) is 3.37. The molecular formula is C18H18N2O2S. The van der Waals surface area contributed by atoms with Gasteiger partial charge >= 0.3 is 0 Å². The minimum atomic E-state index is -0.395.